The standard InChI is InChI=1S/C28H40OSi/c1-5-6-7-14-21-30(25-15-10-8-11-16-25,26-17-12-9-13-18-26)29-28-22-24(4)19-20-27(28)23(2)3/h8-18,21,23-24,27-28H,5-7,19-20,22H2,1-4H3/b21-14-/t24-,27+,28-/m1/s1. The van der Waals surface area contributed by atoms with Gasteiger partial charge in [0.25, 0.3) is 8.32 Å². The zero-order valence-electron chi connectivity index (χ0n) is 19.4. The maximum Gasteiger partial charge on any atom is 0.280 e. The summed E-state index contributed by atoms with van der Waals surface area (Å²) in [4.78, 5) is 0. The minimum Gasteiger partial charge on any atom is -0.401 e. The summed E-state index contributed by atoms with van der Waals surface area (Å²) >= 11 is 0. The van der Waals surface area contributed by atoms with E-state index in [1.165, 1.54) is 42.5 Å². The molecule has 3 atom stereocenters. The lowest BCUT2D eigenvalue weighted by atomic mass is 9.75. The van der Waals surface area contributed by atoms with Gasteiger partial charge in [-0.25, -0.2) is 0 Å². The molecular weight excluding hydrogens is 380 g/mol. The molecule has 3 rings (SSSR count). The highest BCUT2D eigenvalue weighted by Gasteiger charge is 2.43. The van der Waals surface area contributed by atoms with Gasteiger partial charge in [-0.3, -0.25) is 0 Å². The van der Waals surface area contributed by atoms with Crippen LogP contribution in [0.2, 0.25) is 0 Å². The largest absolute Gasteiger partial charge is 0.401 e. The van der Waals surface area contributed by atoms with Crippen molar-refractivity contribution in [3.63, 3.8) is 0 Å². The van der Waals surface area contributed by atoms with Crippen LogP contribution in [0.1, 0.15) is 66.2 Å². The molecule has 1 aliphatic rings. The van der Waals surface area contributed by atoms with Crippen molar-refractivity contribution in [2.24, 2.45) is 17.8 Å². The van der Waals surface area contributed by atoms with Crippen molar-refractivity contribution >= 4 is 18.7 Å². The minimum atomic E-state index is -2.48. The second-order valence-electron chi connectivity index (χ2n) is 9.49. The Bertz CT molecular complexity index is 728. The maximum absolute atomic E-state index is 7.43. The third kappa shape index (κ3) is 5.53. The van der Waals surface area contributed by atoms with Gasteiger partial charge < -0.3 is 4.43 Å². The van der Waals surface area contributed by atoms with E-state index in [1.807, 2.05) is 0 Å². The number of hydrogen-bond acceptors (Lipinski definition) is 1. The van der Waals surface area contributed by atoms with E-state index in [9.17, 15) is 0 Å². The topological polar surface area (TPSA) is 9.23 Å². The second-order valence-corrected chi connectivity index (χ2v) is 12.7. The Morgan fingerprint density at radius 1 is 0.967 bits per heavy atom. The van der Waals surface area contributed by atoms with E-state index < -0.39 is 8.32 Å². The van der Waals surface area contributed by atoms with Crippen molar-refractivity contribution in [3.05, 3.63) is 72.4 Å². The molecule has 0 aromatic heterocycles. The highest BCUT2D eigenvalue weighted by Crippen LogP contribution is 2.37. The average molecular weight is 421 g/mol. The van der Waals surface area contributed by atoms with Crippen LogP contribution >= 0.6 is 0 Å². The zero-order valence-corrected chi connectivity index (χ0v) is 20.4. The quantitative estimate of drug-likeness (QED) is 0.332. The SMILES string of the molecule is CCCC/C=C\[Si](O[C@@H]1C[C@H](C)CC[C@H]1C(C)C)(c1ccccc1)c1ccccc1. The highest BCUT2D eigenvalue weighted by atomic mass is 28.4. The van der Waals surface area contributed by atoms with Crippen LogP contribution in [0.25, 0.3) is 0 Å². The van der Waals surface area contributed by atoms with Crippen LogP contribution in [0.4, 0.5) is 0 Å². The summed E-state index contributed by atoms with van der Waals surface area (Å²) < 4.78 is 7.43. The molecule has 1 saturated carbocycles. The van der Waals surface area contributed by atoms with Crippen molar-refractivity contribution in [1.29, 1.82) is 0 Å². The Hall–Kier alpha value is -1.64. The fourth-order valence-electron chi connectivity index (χ4n) is 4.97. The van der Waals surface area contributed by atoms with Gasteiger partial charge in [0.15, 0.2) is 0 Å². The number of benzene rings is 2. The van der Waals surface area contributed by atoms with Crippen LogP contribution in [0, 0.1) is 17.8 Å². The summed E-state index contributed by atoms with van der Waals surface area (Å²) in [5, 5.41) is 2.73. The monoisotopic (exact) mass is 420 g/mol. The van der Waals surface area contributed by atoms with E-state index >= 15 is 0 Å². The van der Waals surface area contributed by atoms with Crippen molar-refractivity contribution in [3.8, 4) is 0 Å². The number of unbranched alkanes of at least 4 members (excludes halogenated alkanes) is 2. The molecule has 2 heteroatoms. The molecule has 0 N–H and O–H groups in total. The summed E-state index contributed by atoms with van der Waals surface area (Å²) in [5.74, 6) is 2.04. The van der Waals surface area contributed by atoms with Crippen molar-refractivity contribution in [2.75, 3.05) is 0 Å². The number of rotatable bonds is 9. The first-order valence-corrected chi connectivity index (χ1v) is 14.0. The fourth-order valence-corrected chi connectivity index (χ4v) is 8.66. The van der Waals surface area contributed by atoms with Gasteiger partial charge in [0.05, 0.1) is 0 Å². The molecular formula is C28H40OSi. The molecule has 162 valence electrons. The molecule has 1 aliphatic carbocycles. The molecule has 0 heterocycles. The minimum absolute atomic E-state index is 0.330. The zero-order chi connectivity index (χ0) is 21.4. The Labute approximate surface area is 185 Å². The molecule has 2 aromatic carbocycles. The molecule has 0 amide bonds. The first-order valence-electron chi connectivity index (χ1n) is 12.0. The van der Waals surface area contributed by atoms with Gasteiger partial charge >= 0.3 is 0 Å². The van der Waals surface area contributed by atoms with Crippen LogP contribution in [0.5, 0.6) is 0 Å². The highest BCUT2D eigenvalue weighted by molar-refractivity contribution is 7.01. The number of hydrogen-bond donors (Lipinski definition) is 0. The molecule has 0 spiro atoms. The van der Waals surface area contributed by atoms with Crippen LogP contribution in [0.3, 0.4) is 0 Å². The third-order valence-electron chi connectivity index (χ3n) is 6.78. The van der Waals surface area contributed by atoms with Crippen molar-refractivity contribution in [2.45, 2.75) is 72.3 Å². The van der Waals surface area contributed by atoms with Gasteiger partial charge in [-0.2, -0.15) is 0 Å². The smallest absolute Gasteiger partial charge is 0.280 e. The van der Waals surface area contributed by atoms with Gasteiger partial charge in [-0.05, 0) is 47.4 Å². The van der Waals surface area contributed by atoms with Crippen molar-refractivity contribution in [1.82, 2.24) is 0 Å². The Kier molecular flexibility index (Phi) is 8.53. The van der Waals surface area contributed by atoms with E-state index in [1.54, 1.807) is 0 Å². The predicted molar refractivity (Wildman–Crippen MR) is 133 cm³/mol. The van der Waals surface area contributed by atoms with Gasteiger partial charge in [-0.1, -0.05) is 119 Å². The van der Waals surface area contributed by atoms with E-state index in [2.05, 4.69) is 100 Å². The lowest BCUT2D eigenvalue weighted by Gasteiger charge is -2.43. The molecule has 0 radical (unpaired) electrons. The first-order chi connectivity index (χ1) is 14.6. The molecule has 0 bridgehead atoms. The average Bonchev–Trinajstić information content (AvgIpc) is 2.77. The molecule has 1 fully saturated rings. The van der Waals surface area contributed by atoms with Crippen molar-refractivity contribution < 1.29 is 4.43 Å². The van der Waals surface area contributed by atoms with Gasteiger partial charge in [0.1, 0.15) is 0 Å². The summed E-state index contributed by atoms with van der Waals surface area (Å²) in [5.41, 5.74) is 2.49. The Morgan fingerprint density at radius 3 is 2.10 bits per heavy atom. The summed E-state index contributed by atoms with van der Waals surface area (Å²) in [6, 6.07) is 22.1. The van der Waals surface area contributed by atoms with Gasteiger partial charge in [0.2, 0.25) is 0 Å². The van der Waals surface area contributed by atoms with Gasteiger partial charge in [0, 0.05) is 6.10 Å². The third-order valence-corrected chi connectivity index (χ3v) is 10.5. The summed E-state index contributed by atoms with van der Waals surface area (Å²) in [6.07, 6.45) is 10.1. The van der Waals surface area contributed by atoms with Crippen LogP contribution in [-0.2, 0) is 4.43 Å². The maximum atomic E-state index is 7.43. The van der Waals surface area contributed by atoms with E-state index in [0.29, 0.717) is 17.9 Å². The lowest BCUT2D eigenvalue weighted by Crippen LogP contribution is -2.62. The summed E-state index contributed by atoms with van der Waals surface area (Å²) in [7, 11) is -2.48. The molecule has 0 aliphatic heterocycles. The molecule has 0 unspecified atom stereocenters. The van der Waals surface area contributed by atoms with E-state index in [4.69, 9.17) is 4.43 Å². The van der Waals surface area contributed by atoms with E-state index in [0.717, 1.165) is 12.3 Å². The Morgan fingerprint density at radius 2 is 1.57 bits per heavy atom. The first kappa shape index (κ1) is 23.0. The fraction of sp³-hybridized carbons (Fsp3) is 0.500. The molecule has 1 nitrogen and oxygen atoms in total. The van der Waals surface area contributed by atoms with E-state index in [-0.39, 0.29) is 0 Å². The lowest BCUT2D eigenvalue weighted by molar-refractivity contribution is 0.0439. The molecule has 0 saturated heterocycles. The van der Waals surface area contributed by atoms with Gasteiger partial charge in [-0.15, -0.1) is 0 Å². The Balaban J connectivity index is 2.08. The van der Waals surface area contributed by atoms with Crippen LogP contribution in [0.15, 0.2) is 72.4 Å². The van der Waals surface area contributed by atoms with Crippen LogP contribution in [-0.4, -0.2) is 14.4 Å². The van der Waals surface area contributed by atoms with Crippen LogP contribution < -0.4 is 10.4 Å². The summed E-state index contributed by atoms with van der Waals surface area (Å²) in [6.45, 7) is 9.42. The molecule has 30 heavy (non-hydrogen) atoms. The number of allylic oxidation sites excluding steroid dienone is 1. The molecule has 2 aromatic rings. The second kappa shape index (κ2) is 11.1. The normalized spacial score (nSPS) is 22.6. The predicted octanol–water partition coefficient (Wildman–Crippen LogP) is 6.51.